The van der Waals surface area contributed by atoms with Gasteiger partial charge in [0.15, 0.2) is 0 Å². The van der Waals surface area contributed by atoms with E-state index in [2.05, 4.69) is 51.1 Å². The van der Waals surface area contributed by atoms with Crippen molar-refractivity contribution >= 4 is 10.8 Å². The standard InChI is InChI=1S/C14H16/c1-4-12-9-8-11(3)14-10(2)6-5-7-13(12)14/h5-9H,4H2,1-3H3. The molecule has 0 spiro atoms. The summed E-state index contributed by atoms with van der Waals surface area (Å²) >= 11 is 0. The zero-order valence-electron chi connectivity index (χ0n) is 9.09. The molecule has 14 heavy (non-hydrogen) atoms. The minimum atomic E-state index is 1.11. The lowest BCUT2D eigenvalue weighted by Gasteiger charge is -2.09. The van der Waals surface area contributed by atoms with Gasteiger partial charge in [-0.05, 0) is 47.7 Å². The van der Waals surface area contributed by atoms with Crippen LogP contribution in [-0.4, -0.2) is 0 Å². The minimum absolute atomic E-state index is 1.11. The van der Waals surface area contributed by atoms with Gasteiger partial charge in [0.1, 0.15) is 0 Å². The first kappa shape index (κ1) is 9.26. The Hall–Kier alpha value is -1.30. The molecule has 0 heterocycles. The van der Waals surface area contributed by atoms with E-state index >= 15 is 0 Å². The number of fused-ring (bicyclic) bond motifs is 1. The number of hydrogen-bond donors (Lipinski definition) is 0. The topological polar surface area (TPSA) is 0 Å². The average Bonchev–Trinajstić information content (AvgIpc) is 2.18. The second kappa shape index (κ2) is 3.45. The van der Waals surface area contributed by atoms with Crippen LogP contribution in [0.25, 0.3) is 10.8 Å². The first-order valence-corrected chi connectivity index (χ1v) is 5.22. The molecule has 0 amide bonds. The smallest absolute Gasteiger partial charge is 0.0123 e. The monoisotopic (exact) mass is 184 g/mol. The van der Waals surface area contributed by atoms with E-state index in [-0.39, 0.29) is 0 Å². The summed E-state index contributed by atoms with van der Waals surface area (Å²) in [7, 11) is 0. The van der Waals surface area contributed by atoms with Gasteiger partial charge in [-0.3, -0.25) is 0 Å². The molecule has 0 fully saturated rings. The molecule has 0 aliphatic carbocycles. The van der Waals surface area contributed by atoms with Crippen molar-refractivity contribution in [2.24, 2.45) is 0 Å². The Morgan fingerprint density at radius 3 is 2.36 bits per heavy atom. The molecule has 0 saturated carbocycles. The van der Waals surface area contributed by atoms with Crippen LogP contribution in [0.1, 0.15) is 23.6 Å². The Bertz CT molecular complexity index is 458. The minimum Gasteiger partial charge on any atom is -0.0614 e. The lowest BCUT2D eigenvalue weighted by molar-refractivity contribution is 1.16. The average molecular weight is 184 g/mol. The van der Waals surface area contributed by atoms with Crippen molar-refractivity contribution in [1.29, 1.82) is 0 Å². The van der Waals surface area contributed by atoms with Crippen molar-refractivity contribution in [3.63, 3.8) is 0 Å². The van der Waals surface area contributed by atoms with E-state index in [1.165, 1.54) is 27.5 Å². The molecule has 2 rings (SSSR count). The quantitative estimate of drug-likeness (QED) is 0.628. The van der Waals surface area contributed by atoms with E-state index < -0.39 is 0 Å². The molecule has 0 aliphatic rings. The van der Waals surface area contributed by atoms with Crippen LogP contribution in [0.5, 0.6) is 0 Å². The second-order valence-corrected chi connectivity index (χ2v) is 3.89. The number of rotatable bonds is 1. The number of benzene rings is 2. The maximum Gasteiger partial charge on any atom is -0.0123 e. The number of aryl methyl sites for hydroxylation is 3. The zero-order chi connectivity index (χ0) is 10.1. The third kappa shape index (κ3) is 1.31. The summed E-state index contributed by atoms with van der Waals surface area (Å²) in [5.74, 6) is 0. The van der Waals surface area contributed by atoms with Gasteiger partial charge in [-0.1, -0.05) is 37.3 Å². The summed E-state index contributed by atoms with van der Waals surface area (Å²) in [5, 5.41) is 2.86. The molecule has 0 heteroatoms. The van der Waals surface area contributed by atoms with Crippen LogP contribution >= 0.6 is 0 Å². The van der Waals surface area contributed by atoms with Crippen molar-refractivity contribution in [3.05, 3.63) is 47.0 Å². The fraction of sp³-hybridized carbons (Fsp3) is 0.286. The molecular weight excluding hydrogens is 168 g/mol. The molecule has 0 aromatic heterocycles. The van der Waals surface area contributed by atoms with Crippen molar-refractivity contribution in [1.82, 2.24) is 0 Å². The Morgan fingerprint density at radius 2 is 1.64 bits per heavy atom. The van der Waals surface area contributed by atoms with E-state index in [4.69, 9.17) is 0 Å². The van der Waals surface area contributed by atoms with Gasteiger partial charge in [-0.2, -0.15) is 0 Å². The Kier molecular flexibility index (Phi) is 2.28. The summed E-state index contributed by atoms with van der Waals surface area (Å²) in [6.45, 7) is 6.59. The highest BCUT2D eigenvalue weighted by molar-refractivity contribution is 5.91. The van der Waals surface area contributed by atoms with Crippen molar-refractivity contribution in [3.8, 4) is 0 Å². The predicted octanol–water partition coefficient (Wildman–Crippen LogP) is 4.02. The lowest BCUT2D eigenvalue weighted by Crippen LogP contribution is -1.88. The molecule has 2 aromatic carbocycles. The van der Waals surface area contributed by atoms with Gasteiger partial charge in [0.25, 0.3) is 0 Å². The first-order chi connectivity index (χ1) is 6.74. The third-order valence-electron chi connectivity index (χ3n) is 2.93. The number of hydrogen-bond acceptors (Lipinski definition) is 0. The SMILES string of the molecule is CCc1ccc(C)c2c(C)cccc12. The van der Waals surface area contributed by atoms with Gasteiger partial charge >= 0.3 is 0 Å². The molecule has 2 aromatic rings. The summed E-state index contributed by atoms with van der Waals surface area (Å²) < 4.78 is 0. The molecule has 0 nitrogen and oxygen atoms in total. The summed E-state index contributed by atoms with van der Waals surface area (Å²) in [5.41, 5.74) is 4.22. The maximum atomic E-state index is 2.25. The van der Waals surface area contributed by atoms with Crippen molar-refractivity contribution in [2.75, 3.05) is 0 Å². The van der Waals surface area contributed by atoms with Gasteiger partial charge in [0.2, 0.25) is 0 Å². The molecule has 0 atom stereocenters. The largest absolute Gasteiger partial charge is 0.0614 e. The van der Waals surface area contributed by atoms with Gasteiger partial charge in [-0.25, -0.2) is 0 Å². The van der Waals surface area contributed by atoms with Crippen LogP contribution in [-0.2, 0) is 6.42 Å². The highest BCUT2D eigenvalue weighted by Crippen LogP contribution is 2.25. The van der Waals surface area contributed by atoms with Crippen LogP contribution in [0, 0.1) is 13.8 Å². The van der Waals surface area contributed by atoms with E-state index in [0.29, 0.717) is 0 Å². The Balaban J connectivity index is 2.91. The molecule has 0 saturated heterocycles. The summed E-state index contributed by atoms with van der Waals surface area (Å²) in [6, 6.07) is 11.0. The second-order valence-electron chi connectivity index (χ2n) is 3.89. The van der Waals surface area contributed by atoms with Crippen LogP contribution < -0.4 is 0 Å². The normalized spacial score (nSPS) is 10.8. The fourth-order valence-corrected chi connectivity index (χ4v) is 2.17. The Morgan fingerprint density at radius 1 is 0.929 bits per heavy atom. The molecule has 0 radical (unpaired) electrons. The Labute approximate surface area is 85.6 Å². The van der Waals surface area contributed by atoms with E-state index in [0.717, 1.165) is 6.42 Å². The van der Waals surface area contributed by atoms with Gasteiger partial charge in [-0.15, -0.1) is 0 Å². The van der Waals surface area contributed by atoms with E-state index in [1.54, 1.807) is 0 Å². The van der Waals surface area contributed by atoms with Crippen LogP contribution in [0.2, 0.25) is 0 Å². The van der Waals surface area contributed by atoms with Crippen LogP contribution in [0.3, 0.4) is 0 Å². The van der Waals surface area contributed by atoms with E-state index in [9.17, 15) is 0 Å². The highest BCUT2D eigenvalue weighted by Gasteiger charge is 2.03. The van der Waals surface area contributed by atoms with Gasteiger partial charge in [0.05, 0.1) is 0 Å². The summed E-state index contributed by atoms with van der Waals surface area (Å²) in [4.78, 5) is 0. The van der Waals surface area contributed by atoms with Crippen molar-refractivity contribution in [2.45, 2.75) is 27.2 Å². The molecule has 0 aliphatic heterocycles. The fourth-order valence-electron chi connectivity index (χ4n) is 2.17. The van der Waals surface area contributed by atoms with E-state index in [1.807, 2.05) is 0 Å². The highest BCUT2D eigenvalue weighted by atomic mass is 14.1. The molecule has 0 unspecified atom stereocenters. The molecule has 0 N–H and O–H groups in total. The van der Waals surface area contributed by atoms with Gasteiger partial charge < -0.3 is 0 Å². The van der Waals surface area contributed by atoms with Crippen LogP contribution in [0.15, 0.2) is 30.3 Å². The van der Waals surface area contributed by atoms with Gasteiger partial charge in [0, 0.05) is 0 Å². The molecular formula is C14H16. The van der Waals surface area contributed by atoms with Crippen molar-refractivity contribution < 1.29 is 0 Å². The third-order valence-corrected chi connectivity index (χ3v) is 2.93. The first-order valence-electron chi connectivity index (χ1n) is 5.22. The molecule has 72 valence electrons. The maximum absolute atomic E-state index is 2.25. The predicted molar refractivity (Wildman–Crippen MR) is 62.8 cm³/mol. The molecule has 0 bridgehead atoms. The van der Waals surface area contributed by atoms with Crippen LogP contribution in [0.4, 0.5) is 0 Å². The summed E-state index contributed by atoms with van der Waals surface area (Å²) in [6.07, 6.45) is 1.11. The zero-order valence-corrected chi connectivity index (χ0v) is 9.09. The lowest BCUT2D eigenvalue weighted by atomic mass is 9.96.